The maximum absolute atomic E-state index is 4.41. The Morgan fingerprint density at radius 2 is 2.00 bits per heavy atom. The van der Waals surface area contributed by atoms with Gasteiger partial charge >= 0.3 is 0 Å². The average Bonchev–Trinajstić information content (AvgIpc) is 2.55. The number of nitrogens with zero attached hydrogens (tertiary/aromatic N) is 1. The zero-order chi connectivity index (χ0) is 8.44. The van der Waals surface area contributed by atoms with Gasteiger partial charge in [-0.3, -0.25) is 0 Å². The van der Waals surface area contributed by atoms with Crippen molar-refractivity contribution >= 4 is 0 Å². The lowest BCUT2D eigenvalue weighted by Crippen LogP contribution is -2.22. The van der Waals surface area contributed by atoms with Gasteiger partial charge in [-0.25, -0.2) is 5.32 Å². The van der Waals surface area contributed by atoms with Crippen molar-refractivity contribution in [3.63, 3.8) is 0 Å². The molecule has 1 radical (unpaired) electrons. The zero-order valence-electron chi connectivity index (χ0n) is 7.46. The van der Waals surface area contributed by atoms with Crippen LogP contribution in [0.2, 0.25) is 0 Å². The van der Waals surface area contributed by atoms with Crippen molar-refractivity contribution in [1.29, 1.82) is 0 Å². The summed E-state index contributed by atoms with van der Waals surface area (Å²) in [5.41, 5.74) is 1.76. The number of hydrogen-bond donors (Lipinski definition) is 0. The molecule has 0 N–H and O–H groups in total. The Kier molecular flexibility index (Phi) is 1.89. The molecule has 0 spiro atoms. The van der Waals surface area contributed by atoms with E-state index in [9.17, 15) is 0 Å². The molecule has 1 aliphatic rings. The molecular weight excluding hydrogens is 146 g/mol. The van der Waals surface area contributed by atoms with Gasteiger partial charge in [-0.2, -0.15) is 0 Å². The van der Waals surface area contributed by atoms with Gasteiger partial charge in [0.1, 0.15) is 0 Å². The summed E-state index contributed by atoms with van der Waals surface area (Å²) in [5.74, 6) is 0. The van der Waals surface area contributed by atoms with Gasteiger partial charge in [-0.15, -0.1) is 0 Å². The van der Waals surface area contributed by atoms with E-state index in [4.69, 9.17) is 0 Å². The fraction of sp³-hybridized carbons (Fsp3) is 0.455. The van der Waals surface area contributed by atoms with Crippen LogP contribution in [0.3, 0.4) is 0 Å². The van der Waals surface area contributed by atoms with Crippen LogP contribution in [0.5, 0.6) is 0 Å². The normalized spacial score (nSPS) is 29.1. The molecule has 1 unspecified atom stereocenters. The Bertz CT molecular complexity index is 247. The smallest absolute Gasteiger partial charge is 0.0228 e. The Balaban J connectivity index is 2.29. The van der Waals surface area contributed by atoms with Gasteiger partial charge in [0, 0.05) is 18.5 Å². The molecule has 0 saturated carbocycles. The monoisotopic (exact) mass is 160 g/mol. The van der Waals surface area contributed by atoms with Crippen molar-refractivity contribution in [2.75, 3.05) is 13.1 Å². The van der Waals surface area contributed by atoms with E-state index in [2.05, 4.69) is 42.6 Å². The molecule has 2 rings (SSSR count). The molecular formula is C11H14N. The first-order valence-electron chi connectivity index (χ1n) is 4.50. The summed E-state index contributed by atoms with van der Waals surface area (Å²) >= 11 is 0. The summed E-state index contributed by atoms with van der Waals surface area (Å²) in [5, 5.41) is 4.41. The van der Waals surface area contributed by atoms with Gasteiger partial charge in [0.05, 0.1) is 0 Å². The van der Waals surface area contributed by atoms with E-state index in [1.165, 1.54) is 12.0 Å². The molecule has 0 aliphatic carbocycles. The van der Waals surface area contributed by atoms with Crippen molar-refractivity contribution in [3.8, 4) is 0 Å². The quantitative estimate of drug-likeness (QED) is 0.596. The zero-order valence-corrected chi connectivity index (χ0v) is 7.46. The summed E-state index contributed by atoms with van der Waals surface area (Å²) in [7, 11) is 0. The summed E-state index contributed by atoms with van der Waals surface area (Å²) < 4.78 is 0. The van der Waals surface area contributed by atoms with Gasteiger partial charge < -0.3 is 0 Å². The highest BCUT2D eigenvalue weighted by atomic mass is 14.9. The van der Waals surface area contributed by atoms with Crippen molar-refractivity contribution in [2.24, 2.45) is 0 Å². The third-order valence-electron chi connectivity index (χ3n) is 2.75. The van der Waals surface area contributed by atoms with Crippen LogP contribution in [0, 0.1) is 0 Å². The second kappa shape index (κ2) is 2.91. The number of benzene rings is 1. The van der Waals surface area contributed by atoms with Gasteiger partial charge in [-0.1, -0.05) is 37.3 Å². The highest BCUT2D eigenvalue weighted by Gasteiger charge is 2.30. The van der Waals surface area contributed by atoms with Crippen molar-refractivity contribution in [3.05, 3.63) is 35.9 Å². The Labute approximate surface area is 73.8 Å². The van der Waals surface area contributed by atoms with Crippen molar-refractivity contribution in [1.82, 2.24) is 5.32 Å². The SMILES string of the molecule is CC1(c2ccccc2)CC[N]C1. The predicted molar refractivity (Wildman–Crippen MR) is 50.3 cm³/mol. The minimum atomic E-state index is 0.321. The molecule has 12 heavy (non-hydrogen) atoms. The summed E-state index contributed by atoms with van der Waals surface area (Å²) in [6, 6.07) is 10.7. The molecule has 63 valence electrons. The highest BCUT2D eigenvalue weighted by molar-refractivity contribution is 5.26. The minimum Gasteiger partial charge on any atom is -0.241 e. The second-order valence-electron chi connectivity index (χ2n) is 3.78. The fourth-order valence-corrected chi connectivity index (χ4v) is 1.81. The van der Waals surface area contributed by atoms with Crippen LogP contribution in [0.15, 0.2) is 30.3 Å². The molecule has 0 aromatic heterocycles. The first kappa shape index (κ1) is 7.81. The van der Waals surface area contributed by atoms with Crippen LogP contribution >= 0.6 is 0 Å². The first-order chi connectivity index (χ1) is 5.81. The van der Waals surface area contributed by atoms with E-state index in [1.54, 1.807) is 0 Å². The molecule has 1 aliphatic heterocycles. The second-order valence-corrected chi connectivity index (χ2v) is 3.78. The van der Waals surface area contributed by atoms with Crippen LogP contribution in [-0.4, -0.2) is 13.1 Å². The molecule has 1 fully saturated rings. The van der Waals surface area contributed by atoms with E-state index in [0.717, 1.165) is 13.1 Å². The number of hydrogen-bond acceptors (Lipinski definition) is 0. The number of rotatable bonds is 1. The Morgan fingerprint density at radius 3 is 2.58 bits per heavy atom. The molecule has 1 aromatic rings. The van der Waals surface area contributed by atoms with Crippen molar-refractivity contribution in [2.45, 2.75) is 18.8 Å². The summed E-state index contributed by atoms with van der Waals surface area (Å²) in [6.45, 7) is 4.33. The lowest BCUT2D eigenvalue weighted by atomic mass is 9.82. The van der Waals surface area contributed by atoms with Crippen LogP contribution in [0.4, 0.5) is 0 Å². The van der Waals surface area contributed by atoms with E-state index in [-0.39, 0.29) is 0 Å². The Hall–Kier alpha value is -0.820. The molecule has 1 saturated heterocycles. The van der Waals surface area contributed by atoms with Crippen LogP contribution in [0.25, 0.3) is 0 Å². The third-order valence-corrected chi connectivity index (χ3v) is 2.75. The molecule has 1 heteroatoms. The van der Waals surface area contributed by atoms with E-state index in [1.807, 2.05) is 0 Å². The molecule has 1 aromatic carbocycles. The van der Waals surface area contributed by atoms with Crippen LogP contribution < -0.4 is 5.32 Å². The molecule has 1 atom stereocenters. The van der Waals surface area contributed by atoms with E-state index in [0.29, 0.717) is 5.41 Å². The van der Waals surface area contributed by atoms with Gasteiger partial charge in [0.15, 0.2) is 0 Å². The standard InChI is InChI=1S/C11H14N/c1-11(7-8-12-9-11)10-5-3-2-4-6-10/h2-6H,7-9H2,1H3. The lowest BCUT2D eigenvalue weighted by Gasteiger charge is -2.22. The van der Waals surface area contributed by atoms with Gasteiger partial charge in [0.2, 0.25) is 0 Å². The average molecular weight is 160 g/mol. The van der Waals surface area contributed by atoms with Gasteiger partial charge in [-0.05, 0) is 12.0 Å². The molecule has 1 heterocycles. The third kappa shape index (κ3) is 1.25. The van der Waals surface area contributed by atoms with Crippen LogP contribution in [-0.2, 0) is 5.41 Å². The van der Waals surface area contributed by atoms with Crippen LogP contribution in [0.1, 0.15) is 18.9 Å². The molecule has 1 nitrogen and oxygen atoms in total. The minimum absolute atomic E-state index is 0.321. The first-order valence-corrected chi connectivity index (χ1v) is 4.50. The fourth-order valence-electron chi connectivity index (χ4n) is 1.81. The van der Waals surface area contributed by atoms with Gasteiger partial charge in [0.25, 0.3) is 0 Å². The maximum Gasteiger partial charge on any atom is 0.0228 e. The maximum atomic E-state index is 4.41. The summed E-state index contributed by atoms with van der Waals surface area (Å²) in [4.78, 5) is 0. The topological polar surface area (TPSA) is 14.1 Å². The predicted octanol–water partition coefficient (Wildman–Crippen LogP) is 1.95. The van der Waals surface area contributed by atoms with E-state index >= 15 is 0 Å². The molecule has 0 bridgehead atoms. The largest absolute Gasteiger partial charge is 0.241 e. The lowest BCUT2D eigenvalue weighted by molar-refractivity contribution is 0.524. The highest BCUT2D eigenvalue weighted by Crippen LogP contribution is 2.30. The molecule has 0 amide bonds. The Morgan fingerprint density at radius 1 is 1.25 bits per heavy atom. The van der Waals surface area contributed by atoms with Crippen molar-refractivity contribution < 1.29 is 0 Å². The van der Waals surface area contributed by atoms with E-state index < -0.39 is 0 Å². The summed E-state index contributed by atoms with van der Waals surface area (Å²) in [6.07, 6.45) is 1.21.